The van der Waals surface area contributed by atoms with Crippen LogP contribution in [-0.4, -0.2) is 23.2 Å². The van der Waals surface area contributed by atoms with E-state index in [0.29, 0.717) is 11.3 Å². The van der Waals surface area contributed by atoms with Gasteiger partial charge in [0.05, 0.1) is 0 Å². The Kier molecular flexibility index (Phi) is 3.42. The van der Waals surface area contributed by atoms with Crippen molar-refractivity contribution in [3.63, 3.8) is 0 Å². The molecular formula is C15H15NO3. The van der Waals surface area contributed by atoms with Crippen LogP contribution in [0.15, 0.2) is 42.5 Å². The number of benzene rings is 2. The predicted molar refractivity (Wildman–Crippen MR) is 73.7 cm³/mol. The number of nitrogens with zero attached hydrogens (tertiary/aromatic N) is 1. The van der Waals surface area contributed by atoms with E-state index in [1.165, 1.54) is 23.1 Å². The predicted octanol–water partition coefficient (Wildman–Crippen LogP) is 2.68. The molecule has 2 aromatic carbocycles. The highest BCUT2D eigenvalue weighted by atomic mass is 16.3. The number of rotatable bonds is 2. The molecule has 1 amide bonds. The molecular weight excluding hydrogens is 242 g/mol. The summed E-state index contributed by atoms with van der Waals surface area (Å²) >= 11 is 0. The third-order valence-corrected chi connectivity index (χ3v) is 3.00. The molecule has 0 heterocycles. The van der Waals surface area contributed by atoms with Gasteiger partial charge in [-0.2, -0.15) is 0 Å². The Morgan fingerprint density at radius 2 is 1.68 bits per heavy atom. The number of hydrogen-bond acceptors (Lipinski definition) is 3. The van der Waals surface area contributed by atoms with Crippen molar-refractivity contribution in [3.05, 3.63) is 53.6 Å². The van der Waals surface area contributed by atoms with Gasteiger partial charge in [0.15, 0.2) is 0 Å². The summed E-state index contributed by atoms with van der Waals surface area (Å²) in [5.74, 6) is 0.0310. The van der Waals surface area contributed by atoms with Crippen LogP contribution in [0.2, 0.25) is 0 Å². The highest BCUT2D eigenvalue weighted by molar-refractivity contribution is 6.06. The van der Waals surface area contributed by atoms with Crippen molar-refractivity contribution in [3.8, 4) is 11.5 Å². The average molecular weight is 257 g/mol. The first-order valence-electron chi connectivity index (χ1n) is 5.86. The van der Waals surface area contributed by atoms with Crippen molar-refractivity contribution >= 4 is 11.6 Å². The van der Waals surface area contributed by atoms with E-state index in [2.05, 4.69) is 0 Å². The Morgan fingerprint density at radius 1 is 1.05 bits per heavy atom. The van der Waals surface area contributed by atoms with Gasteiger partial charge in [-0.1, -0.05) is 6.07 Å². The van der Waals surface area contributed by atoms with Crippen LogP contribution in [-0.2, 0) is 0 Å². The Hall–Kier alpha value is -2.49. The van der Waals surface area contributed by atoms with Crippen LogP contribution in [0.25, 0.3) is 0 Å². The Morgan fingerprint density at radius 3 is 2.26 bits per heavy atom. The van der Waals surface area contributed by atoms with Gasteiger partial charge < -0.3 is 15.1 Å². The third kappa shape index (κ3) is 2.68. The van der Waals surface area contributed by atoms with Gasteiger partial charge in [0.1, 0.15) is 11.5 Å². The molecule has 0 aliphatic heterocycles. The lowest BCUT2D eigenvalue weighted by Crippen LogP contribution is -2.26. The number of anilines is 1. The van der Waals surface area contributed by atoms with Crippen molar-refractivity contribution in [2.45, 2.75) is 6.92 Å². The van der Waals surface area contributed by atoms with E-state index >= 15 is 0 Å². The zero-order chi connectivity index (χ0) is 14.0. The van der Waals surface area contributed by atoms with Gasteiger partial charge in [0, 0.05) is 18.3 Å². The van der Waals surface area contributed by atoms with Crippen molar-refractivity contribution in [1.82, 2.24) is 0 Å². The lowest BCUT2D eigenvalue weighted by Gasteiger charge is -2.17. The van der Waals surface area contributed by atoms with Crippen molar-refractivity contribution < 1.29 is 15.0 Å². The van der Waals surface area contributed by atoms with Crippen molar-refractivity contribution in [2.24, 2.45) is 0 Å². The lowest BCUT2D eigenvalue weighted by molar-refractivity contribution is 0.0992. The van der Waals surface area contributed by atoms with E-state index in [4.69, 9.17) is 0 Å². The molecule has 19 heavy (non-hydrogen) atoms. The second kappa shape index (κ2) is 5.02. The monoisotopic (exact) mass is 257 g/mol. The number of aryl methyl sites for hydroxylation is 1. The number of carbonyl (C=O) groups is 1. The van der Waals surface area contributed by atoms with Gasteiger partial charge in [-0.3, -0.25) is 4.79 Å². The minimum absolute atomic E-state index is 0.102. The molecule has 0 atom stereocenters. The van der Waals surface area contributed by atoms with E-state index in [1.54, 1.807) is 38.2 Å². The zero-order valence-electron chi connectivity index (χ0n) is 10.8. The molecule has 0 saturated carbocycles. The van der Waals surface area contributed by atoms with Crippen LogP contribution >= 0.6 is 0 Å². The minimum Gasteiger partial charge on any atom is -0.508 e. The van der Waals surface area contributed by atoms with Gasteiger partial charge in [-0.25, -0.2) is 0 Å². The highest BCUT2D eigenvalue weighted by Crippen LogP contribution is 2.22. The standard InChI is InChI=1S/C15H15NO3/c1-10-3-4-11(9-14(10)18)15(19)16(2)12-5-7-13(17)8-6-12/h3-9,17-18H,1-2H3. The second-order valence-electron chi connectivity index (χ2n) is 4.38. The van der Waals surface area contributed by atoms with Gasteiger partial charge in [-0.15, -0.1) is 0 Å². The number of amides is 1. The van der Waals surface area contributed by atoms with Crippen LogP contribution in [0.5, 0.6) is 11.5 Å². The fourth-order valence-electron chi connectivity index (χ4n) is 1.73. The Bertz CT molecular complexity index is 605. The first kappa shape index (κ1) is 13.0. The number of carbonyl (C=O) groups excluding carboxylic acids is 1. The molecule has 0 aliphatic rings. The Labute approximate surface area is 111 Å². The molecule has 98 valence electrons. The number of phenolic OH excluding ortho intramolecular Hbond substituents is 2. The first-order valence-corrected chi connectivity index (χ1v) is 5.86. The Balaban J connectivity index is 2.28. The summed E-state index contributed by atoms with van der Waals surface area (Å²) < 4.78 is 0. The molecule has 2 N–H and O–H groups in total. The third-order valence-electron chi connectivity index (χ3n) is 3.00. The largest absolute Gasteiger partial charge is 0.508 e. The molecule has 0 saturated heterocycles. The SMILES string of the molecule is Cc1ccc(C(=O)N(C)c2ccc(O)cc2)cc1O. The molecule has 0 aromatic heterocycles. The van der Waals surface area contributed by atoms with Crippen molar-refractivity contribution in [2.75, 3.05) is 11.9 Å². The summed E-state index contributed by atoms with van der Waals surface area (Å²) in [7, 11) is 1.64. The zero-order valence-corrected chi connectivity index (χ0v) is 10.8. The molecule has 0 fully saturated rings. The molecule has 0 aliphatic carbocycles. The summed E-state index contributed by atoms with van der Waals surface area (Å²) in [4.78, 5) is 13.7. The van der Waals surface area contributed by atoms with Gasteiger partial charge in [0.25, 0.3) is 5.91 Å². The number of hydrogen-bond donors (Lipinski definition) is 2. The molecule has 0 unspecified atom stereocenters. The number of aromatic hydroxyl groups is 2. The smallest absolute Gasteiger partial charge is 0.258 e. The van der Waals surface area contributed by atoms with Crippen LogP contribution in [0.4, 0.5) is 5.69 Å². The summed E-state index contributed by atoms with van der Waals surface area (Å²) in [6.45, 7) is 1.77. The molecule has 2 aromatic rings. The summed E-state index contributed by atoms with van der Waals surface area (Å²) in [5, 5.41) is 18.9. The fourth-order valence-corrected chi connectivity index (χ4v) is 1.73. The molecule has 0 radical (unpaired) electrons. The molecule has 4 nitrogen and oxygen atoms in total. The van der Waals surface area contributed by atoms with Gasteiger partial charge in [0.2, 0.25) is 0 Å². The van der Waals surface area contributed by atoms with Crippen LogP contribution in [0.3, 0.4) is 0 Å². The quantitative estimate of drug-likeness (QED) is 0.869. The van der Waals surface area contributed by atoms with E-state index in [9.17, 15) is 15.0 Å². The molecule has 0 bridgehead atoms. The van der Waals surface area contributed by atoms with E-state index in [0.717, 1.165) is 5.56 Å². The summed E-state index contributed by atoms with van der Waals surface area (Å²) in [6, 6.07) is 11.2. The highest BCUT2D eigenvalue weighted by Gasteiger charge is 2.14. The topological polar surface area (TPSA) is 60.8 Å². The van der Waals surface area contributed by atoms with E-state index < -0.39 is 0 Å². The maximum atomic E-state index is 12.2. The van der Waals surface area contributed by atoms with E-state index in [-0.39, 0.29) is 17.4 Å². The summed E-state index contributed by atoms with van der Waals surface area (Å²) in [5.41, 5.74) is 1.81. The van der Waals surface area contributed by atoms with Gasteiger partial charge >= 0.3 is 0 Å². The molecule has 4 heteroatoms. The minimum atomic E-state index is -0.221. The second-order valence-corrected chi connectivity index (χ2v) is 4.38. The first-order chi connectivity index (χ1) is 8.99. The normalized spacial score (nSPS) is 10.2. The van der Waals surface area contributed by atoms with Crippen LogP contribution in [0.1, 0.15) is 15.9 Å². The van der Waals surface area contributed by atoms with Crippen LogP contribution in [0, 0.1) is 6.92 Å². The van der Waals surface area contributed by atoms with Gasteiger partial charge in [-0.05, 0) is 48.9 Å². The fraction of sp³-hybridized carbons (Fsp3) is 0.133. The maximum Gasteiger partial charge on any atom is 0.258 e. The molecule has 2 rings (SSSR count). The van der Waals surface area contributed by atoms with Crippen LogP contribution < -0.4 is 4.90 Å². The maximum absolute atomic E-state index is 12.2. The van der Waals surface area contributed by atoms with Crippen molar-refractivity contribution in [1.29, 1.82) is 0 Å². The summed E-state index contributed by atoms with van der Waals surface area (Å²) in [6.07, 6.45) is 0. The lowest BCUT2D eigenvalue weighted by atomic mass is 10.1. The number of phenols is 2. The van der Waals surface area contributed by atoms with E-state index in [1.807, 2.05) is 0 Å². The average Bonchev–Trinajstić information content (AvgIpc) is 2.41. The molecule has 0 spiro atoms.